The number of imidazole rings is 1. The van der Waals surface area contributed by atoms with E-state index in [0.717, 1.165) is 57.3 Å². The van der Waals surface area contributed by atoms with Crippen molar-refractivity contribution in [1.82, 2.24) is 14.5 Å². The lowest BCUT2D eigenvalue weighted by molar-refractivity contribution is 0.769. The van der Waals surface area contributed by atoms with Gasteiger partial charge in [-0.25, -0.2) is 9.97 Å². The van der Waals surface area contributed by atoms with Crippen molar-refractivity contribution < 1.29 is 0 Å². The number of pyridine rings is 1. The zero-order chi connectivity index (χ0) is 33.0. The third kappa shape index (κ3) is 4.68. The van der Waals surface area contributed by atoms with E-state index in [4.69, 9.17) is 9.97 Å². The zero-order valence-electron chi connectivity index (χ0n) is 27.3. The van der Waals surface area contributed by atoms with Crippen LogP contribution in [0.15, 0.2) is 176 Å². The number of nitrogens with zero attached hydrogens (tertiary/aromatic N) is 4. The fourth-order valence-corrected chi connectivity index (χ4v) is 7.67. The van der Waals surface area contributed by atoms with Crippen molar-refractivity contribution in [3.8, 4) is 39.3 Å². The van der Waals surface area contributed by atoms with Gasteiger partial charge in [0.15, 0.2) is 0 Å². The van der Waals surface area contributed by atoms with Gasteiger partial charge in [0, 0.05) is 22.3 Å². The second-order valence-corrected chi connectivity index (χ2v) is 13.0. The summed E-state index contributed by atoms with van der Waals surface area (Å²) in [6.45, 7) is 0. The highest BCUT2D eigenvalue weighted by molar-refractivity contribution is 6.00. The maximum Gasteiger partial charge on any atom is 0.216 e. The Morgan fingerprint density at radius 1 is 0.520 bits per heavy atom. The van der Waals surface area contributed by atoms with Gasteiger partial charge in [-0.3, -0.25) is 4.57 Å². The van der Waals surface area contributed by atoms with E-state index in [1.54, 1.807) is 0 Å². The molecule has 6 aromatic carbocycles. The Bertz CT molecular complexity index is 2570. The van der Waals surface area contributed by atoms with Gasteiger partial charge in [0.25, 0.3) is 0 Å². The molecule has 50 heavy (non-hydrogen) atoms. The van der Waals surface area contributed by atoms with Gasteiger partial charge in [0.05, 0.1) is 39.8 Å². The van der Waals surface area contributed by atoms with Crippen molar-refractivity contribution in [1.29, 1.82) is 0 Å². The molecule has 236 valence electrons. The second kappa shape index (κ2) is 11.6. The highest BCUT2D eigenvalue weighted by Gasteiger charge is 2.33. The van der Waals surface area contributed by atoms with E-state index in [0.29, 0.717) is 0 Å². The smallest absolute Gasteiger partial charge is 0.216 e. The Morgan fingerprint density at radius 2 is 1.10 bits per heavy atom. The standard InChI is InChI=1S/C46H32N4/c1-3-14-31(15-4-1)40-28-36(29-41(47-40)32-16-5-2-6-17-32)33-20-13-21-37(26-33)49-43-24-11-9-22-38(43)39-23-10-12-25-44(39)50-45-30-35-19-8-7-18-34(35)27-42(45)48-46(49)50/h1-25,27-30,37H,26H2. The number of allylic oxidation sites excluding steroid dienone is 2. The SMILES string of the molecule is C1=CC(N2c3ccccc3-c3ccccc3-n3c2nc2cc4ccccc4cc23)CC(c2cc(-c3ccccc3)nc(-c3ccccc3)c2)=C1. The molecule has 4 nitrogen and oxygen atoms in total. The van der Waals surface area contributed by atoms with Crippen molar-refractivity contribution >= 4 is 39.0 Å². The van der Waals surface area contributed by atoms with Crippen LogP contribution in [-0.2, 0) is 0 Å². The van der Waals surface area contributed by atoms with Crippen LogP contribution in [0.2, 0.25) is 0 Å². The van der Waals surface area contributed by atoms with E-state index < -0.39 is 0 Å². The lowest BCUT2D eigenvalue weighted by atomic mass is 9.91. The minimum Gasteiger partial charge on any atom is -0.304 e. The van der Waals surface area contributed by atoms with Crippen molar-refractivity contribution in [2.45, 2.75) is 12.5 Å². The van der Waals surface area contributed by atoms with Crippen LogP contribution in [-0.4, -0.2) is 20.6 Å². The van der Waals surface area contributed by atoms with Crippen LogP contribution in [0.1, 0.15) is 12.0 Å². The van der Waals surface area contributed by atoms with Gasteiger partial charge < -0.3 is 4.90 Å². The first kappa shape index (κ1) is 28.5. The summed E-state index contributed by atoms with van der Waals surface area (Å²) in [7, 11) is 0. The number of benzene rings is 6. The van der Waals surface area contributed by atoms with Crippen LogP contribution in [0.25, 0.3) is 66.7 Å². The monoisotopic (exact) mass is 640 g/mol. The molecule has 0 saturated heterocycles. The normalized spacial score (nSPS) is 14.9. The van der Waals surface area contributed by atoms with Crippen LogP contribution in [0, 0.1) is 0 Å². The van der Waals surface area contributed by atoms with Crippen molar-refractivity contribution in [2.24, 2.45) is 0 Å². The van der Waals surface area contributed by atoms with Crippen LogP contribution >= 0.6 is 0 Å². The summed E-state index contributed by atoms with van der Waals surface area (Å²) in [5.41, 5.74) is 13.4. The molecule has 2 aromatic heterocycles. The molecule has 1 aliphatic carbocycles. The Labute approximate surface area is 290 Å². The molecule has 0 saturated carbocycles. The quantitative estimate of drug-likeness (QED) is 0.192. The lowest BCUT2D eigenvalue weighted by Crippen LogP contribution is -2.32. The summed E-state index contributed by atoms with van der Waals surface area (Å²) in [6, 6.07) is 56.1. The van der Waals surface area contributed by atoms with Crippen LogP contribution in [0.3, 0.4) is 0 Å². The fraction of sp³-hybridized carbons (Fsp3) is 0.0435. The van der Waals surface area contributed by atoms with E-state index >= 15 is 0 Å². The van der Waals surface area contributed by atoms with Gasteiger partial charge in [0.1, 0.15) is 0 Å². The Morgan fingerprint density at radius 3 is 1.80 bits per heavy atom. The number of anilines is 2. The topological polar surface area (TPSA) is 34.0 Å². The first-order chi connectivity index (χ1) is 24.8. The first-order valence-electron chi connectivity index (χ1n) is 17.2. The molecular formula is C46H32N4. The van der Waals surface area contributed by atoms with Gasteiger partial charge in [-0.15, -0.1) is 0 Å². The molecule has 0 spiro atoms. The maximum atomic E-state index is 5.45. The summed E-state index contributed by atoms with van der Waals surface area (Å²) in [4.78, 5) is 13.1. The average molecular weight is 641 g/mol. The van der Waals surface area contributed by atoms with Gasteiger partial charge in [-0.2, -0.15) is 0 Å². The Balaban J connectivity index is 1.15. The summed E-state index contributed by atoms with van der Waals surface area (Å²) < 4.78 is 2.37. The van der Waals surface area contributed by atoms with Crippen molar-refractivity contribution in [3.05, 3.63) is 182 Å². The minimum absolute atomic E-state index is 0.0176. The maximum absolute atomic E-state index is 5.45. The van der Waals surface area contributed by atoms with Crippen molar-refractivity contribution in [3.63, 3.8) is 0 Å². The van der Waals surface area contributed by atoms with Gasteiger partial charge in [0.2, 0.25) is 5.95 Å². The molecule has 10 rings (SSSR count). The van der Waals surface area contributed by atoms with Crippen LogP contribution in [0.5, 0.6) is 0 Å². The van der Waals surface area contributed by atoms with Gasteiger partial charge in [-0.05, 0) is 64.7 Å². The van der Waals surface area contributed by atoms with E-state index in [-0.39, 0.29) is 6.04 Å². The number of aromatic nitrogens is 3. The summed E-state index contributed by atoms with van der Waals surface area (Å²) in [5.74, 6) is 0.924. The Hall–Kier alpha value is -6.52. The molecule has 0 amide bonds. The van der Waals surface area contributed by atoms with Gasteiger partial charge in [-0.1, -0.05) is 140 Å². The van der Waals surface area contributed by atoms with E-state index in [2.05, 4.69) is 185 Å². The zero-order valence-corrected chi connectivity index (χ0v) is 27.3. The average Bonchev–Trinajstić information content (AvgIpc) is 3.49. The molecular weight excluding hydrogens is 609 g/mol. The molecule has 3 heterocycles. The van der Waals surface area contributed by atoms with E-state index in [9.17, 15) is 0 Å². The van der Waals surface area contributed by atoms with Crippen molar-refractivity contribution in [2.75, 3.05) is 4.90 Å². The van der Waals surface area contributed by atoms with Crippen LogP contribution < -0.4 is 4.90 Å². The molecule has 1 unspecified atom stereocenters. The van der Waals surface area contributed by atoms with Gasteiger partial charge >= 0.3 is 0 Å². The molecule has 2 aliphatic rings. The van der Waals surface area contributed by atoms with Crippen LogP contribution in [0.4, 0.5) is 11.6 Å². The Kier molecular flexibility index (Phi) is 6.59. The predicted molar refractivity (Wildman–Crippen MR) is 207 cm³/mol. The molecule has 0 fully saturated rings. The highest BCUT2D eigenvalue weighted by atomic mass is 15.3. The molecule has 1 aliphatic heterocycles. The summed E-state index contributed by atoms with van der Waals surface area (Å²) >= 11 is 0. The second-order valence-electron chi connectivity index (χ2n) is 13.0. The third-order valence-corrected chi connectivity index (χ3v) is 10.0. The predicted octanol–water partition coefficient (Wildman–Crippen LogP) is 11.4. The largest absolute Gasteiger partial charge is 0.304 e. The number of rotatable bonds is 4. The number of fused-ring (bicyclic) bond motifs is 8. The first-order valence-corrected chi connectivity index (χ1v) is 17.2. The minimum atomic E-state index is 0.0176. The molecule has 4 heteroatoms. The third-order valence-electron chi connectivity index (χ3n) is 10.0. The molecule has 0 N–H and O–H groups in total. The highest BCUT2D eigenvalue weighted by Crippen LogP contribution is 2.47. The molecule has 0 bridgehead atoms. The lowest BCUT2D eigenvalue weighted by Gasteiger charge is -2.33. The fourth-order valence-electron chi connectivity index (χ4n) is 7.67. The molecule has 8 aromatic rings. The summed E-state index contributed by atoms with van der Waals surface area (Å²) in [6.07, 6.45) is 7.62. The molecule has 0 radical (unpaired) electrons. The van der Waals surface area contributed by atoms with E-state index in [1.165, 1.54) is 33.0 Å². The van der Waals surface area contributed by atoms with E-state index in [1.807, 2.05) is 0 Å². The molecule has 1 atom stereocenters. The number of hydrogen-bond acceptors (Lipinski definition) is 3. The number of para-hydroxylation sites is 2. The number of hydrogen-bond donors (Lipinski definition) is 0. The summed E-state index contributed by atoms with van der Waals surface area (Å²) in [5, 5.41) is 2.40.